The normalized spacial score (nSPS) is 11.3. The molecule has 1 aromatic heterocycles. The number of unbranched alkanes of at least 4 members (excludes halogenated alkanes) is 10. The molecule has 0 atom stereocenters. The molecule has 0 saturated heterocycles. The summed E-state index contributed by atoms with van der Waals surface area (Å²) < 4.78 is 69.6. The first-order valence-electron chi connectivity index (χ1n) is 21.4. The molecule has 0 unspecified atom stereocenters. The molecule has 17 nitrogen and oxygen atoms in total. The summed E-state index contributed by atoms with van der Waals surface area (Å²) in [6, 6.07) is 10.2. The van der Waals surface area contributed by atoms with E-state index in [0.717, 1.165) is 57.8 Å². The number of halogens is 1. The van der Waals surface area contributed by atoms with Crippen LogP contribution in [0.4, 0.5) is 10.3 Å². The van der Waals surface area contributed by atoms with Crippen LogP contribution in [0.5, 0.6) is 11.5 Å². The fraction of sp³-hybridized carbons (Fsp3) is 0.545. The lowest BCUT2D eigenvalue weighted by molar-refractivity contribution is -0.143. The summed E-state index contributed by atoms with van der Waals surface area (Å²) in [7, 11) is -4.09. The average molecular weight is 905 g/mol. The Morgan fingerprint density at radius 1 is 0.619 bits per heavy atom. The Bertz CT molecular complexity index is 1920. The summed E-state index contributed by atoms with van der Waals surface area (Å²) in [4.78, 5) is 53.1. The van der Waals surface area contributed by atoms with Crippen LogP contribution in [0, 0.1) is 5.82 Å². The molecule has 3 aromatic rings. The summed E-state index contributed by atoms with van der Waals surface area (Å²) >= 11 is 0. The van der Waals surface area contributed by atoms with Gasteiger partial charge in [-0.05, 0) is 73.7 Å². The van der Waals surface area contributed by atoms with Gasteiger partial charge in [-0.1, -0.05) is 57.8 Å². The first-order valence-corrected chi connectivity index (χ1v) is 22.9. The van der Waals surface area contributed by atoms with Crippen molar-refractivity contribution in [2.45, 2.75) is 101 Å². The zero-order valence-corrected chi connectivity index (χ0v) is 36.5. The number of anilines is 1. The van der Waals surface area contributed by atoms with Crippen molar-refractivity contribution in [1.82, 2.24) is 15.3 Å². The van der Waals surface area contributed by atoms with Crippen molar-refractivity contribution < 1.29 is 65.9 Å². The Morgan fingerprint density at radius 3 is 1.83 bits per heavy atom. The molecule has 19 heteroatoms. The number of aryl methyl sites for hydroxylation is 1. The molecular weight excluding hydrogens is 844 g/mol. The van der Waals surface area contributed by atoms with E-state index in [1.54, 1.807) is 6.07 Å². The number of nitrogens with zero attached hydrogens (tertiary/aromatic N) is 2. The summed E-state index contributed by atoms with van der Waals surface area (Å²) in [6.45, 7) is 1.03. The quantitative estimate of drug-likeness (QED) is 0.0438. The van der Waals surface area contributed by atoms with Crippen LogP contribution in [0.1, 0.15) is 106 Å². The maximum atomic E-state index is 14.6. The molecule has 0 aliphatic carbocycles. The number of rotatable bonds is 37. The first kappa shape index (κ1) is 52.3. The highest BCUT2D eigenvalue weighted by Crippen LogP contribution is 2.26. The van der Waals surface area contributed by atoms with Gasteiger partial charge in [-0.25, -0.2) is 32.3 Å². The number of ether oxygens (including phenoxy) is 5. The van der Waals surface area contributed by atoms with Gasteiger partial charge < -0.3 is 39.2 Å². The third-order valence-corrected chi connectivity index (χ3v) is 10.7. The molecule has 4 N–H and O–H groups in total. The Morgan fingerprint density at radius 2 is 1.19 bits per heavy atom. The minimum atomic E-state index is -4.09. The molecule has 0 fully saturated rings. The molecule has 2 aromatic carbocycles. The molecular formula is C44H61FN4O13S. The van der Waals surface area contributed by atoms with Gasteiger partial charge in [0.1, 0.15) is 30.5 Å². The standard InChI is InChI=1S/C44H61FN4O13S/c45-40-21-18-38(29-34(40)13-10-8-6-4-2-1-3-5-7-9-11-15-41(51)52)62-37-16-19-39(20-17-37)63(56,57)49-44-47-30-35(31-48-44)43(55)46-22-24-59-26-27-60-32-36(50)14-12-23-58-25-28-61-33-42(53)54/h16-21,29-31H,1-15,22-28,32-33H2,(H,46,55)(H,51,52)(H,53,54)(H,47,48,49). The van der Waals surface area contributed by atoms with Crippen LogP contribution in [0.25, 0.3) is 0 Å². The molecule has 348 valence electrons. The minimum Gasteiger partial charge on any atom is -0.481 e. The second-order valence-electron chi connectivity index (χ2n) is 14.6. The number of aromatic nitrogens is 2. The number of carboxylic acid groups (broad SMARTS) is 2. The smallest absolute Gasteiger partial charge is 0.329 e. The largest absolute Gasteiger partial charge is 0.481 e. The minimum absolute atomic E-state index is 0.0679. The van der Waals surface area contributed by atoms with E-state index in [-0.39, 0.29) is 93.6 Å². The number of hydrogen-bond donors (Lipinski definition) is 4. The van der Waals surface area contributed by atoms with Crippen molar-refractivity contribution in [3.8, 4) is 11.5 Å². The van der Waals surface area contributed by atoms with Crippen molar-refractivity contribution in [2.24, 2.45) is 0 Å². The highest BCUT2D eigenvalue weighted by atomic mass is 32.2. The number of carbonyl (C=O) groups excluding carboxylic acids is 2. The number of aliphatic carboxylic acids is 2. The molecule has 63 heavy (non-hydrogen) atoms. The fourth-order valence-electron chi connectivity index (χ4n) is 6.06. The Balaban J connectivity index is 1.27. The van der Waals surface area contributed by atoms with Gasteiger partial charge in [0.25, 0.3) is 15.9 Å². The van der Waals surface area contributed by atoms with Crippen LogP contribution < -0.4 is 14.8 Å². The number of ketones is 1. The van der Waals surface area contributed by atoms with Crippen LogP contribution in [-0.2, 0) is 49.8 Å². The van der Waals surface area contributed by atoms with E-state index in [9.17, 15) is 32.0 Å². The topological polar surface area (TPSA) is 239 Å². The van der Waals surface area contributed by atoms with Gasteiger partial charge in [0.05, 0.1) is 43.5 Å². The summed E-state index contributed by atoms with van der Waals surface area (Å²) in [5, 5.41) is 19.8. The van der Waals surface area contributed by atoms with Gasteiger partial charge >= 0.3 is 11.9 Å². The molecule has 3 rings (SSSR count). The molecule has 1 amide bonds. The lowest BCUT2D eigenvalue weighted by atomic mass is 10.0. The number of nitrogens with one attached hydrogen (secondary N) is 2. The van der Waals surface area contributed by atoms with E-state index in [1.807, 2.05) is 0 Å². The lowest BCUT2D eigenvalue weighted by Crippen LogP contribution is -2.28. The SMILES string of the molecule is O=C(O)CCCCCCCCCCCCCc1cc(Oc2ccc(S(=O)(=O)Nc3ncc(C(=O)NCCOCCOCC(=O)CCCOCCOCC(=O)O)cn3)cc2)ccc1F. The number of Topliss-reactive ketones (excluding diaryl/α,β-unsaturated/α-hetero) is 1. The number of carboxylic acids is 2. The van der Waals surface area contributed by atoms with Crippen molar-refractivity contribution in [3.05, 3.63) is 71.8 Å². The van der Waals surface area contributed by atoms with Gasteiger partial charge in [0.2, 0.25) is 5.95 Å². The van der Waals surface area contributed by atoms with Crippen molar-refractivity contribution in [2.75, 3.05) is 64.1 Å². The van der Waals surface area contributed by atoms with E-state index < -0.39 is 27.9 Å². The summed E-state index contributed by atoms with van der Waals surface area (Å²) in [5.74, 6) is -2.11. The Labute approximate surface area is 368 Å². The molecule has 1 heterocycles. The Kier molecular flexibility index (Phi) is 25.6. The predicted octanol–water partition coefficient (Wildman–Crippen LogP) is 6.75. The van der Waals surface area contributed by atoms with Crippen LogP contribution in [0.2, 0.25) is 0 Å². The molecule has 0 spiro atoms. The highest BCUT2D eigenvalue weighted by molar-refractivity contribution is 7.92. The second-order valence-corrected chi connectivity index (χ2v) is 16.3. The zero-order valence-electron chi connectivity index (χ0n) is 35.7. The maximum Gasteiger partial charge on any atom is 0.329 e. The van der Waals surface area contributed by atoms with Gasteiger partial charge in [-0.2, -0.15) is 0 Å². The monoisotopic (exact) mass is 904 g/mol. The Hall–Kier alpha value is -5.08. The number of carbonyl (C=O) groups is 4. The van der Waals surface area contributed by atoms with E-state index in [4.69, 9.17) is 33.9 Å². The first-order chi connectivity index (χ1) is 30.4. The van der Waals surface area contributed by atoms with Gasteiger partial charge in [-0.3, -0.25) is 14.4 Å². The third kappa shape index (κ3) is 23.8. The number of sulfonamides is 1. The lowest BCUT2D eigenvalue weighted by Gasteiger charge is -2.11. The van der Waals surface area contributed by atoms with Crippen LogP contribution in [0.3, 0.4) is 0 Å². The van der Waals surface area contributed by atoms with Crippen molar-refractivity contribution in [1.29, 1.82) is 0 Å². The van der Waals surface area contributed by atoms with Gasteiger partial charge in [0.15, 0.2) is 5.78 Å². The molecule has 0 aliphatic rings. The third-order valence-electron chi connectivity index (χ3n) is 9.37. The number of benzene rings is 2. The van der Waals surface area contributed by atoms with Crippen LogP contribution in [0.15, 0.2) is 59.8 Å². The molecule has 0 saturated carbocycles. The van der Waals surface area contributed by atoms with Crippen LogP contribution in [-0.4, -0.2) is 112 Å². The maximum absolute atomic E-state index is 14.6. The number of amides is 1. The van der Waals surface area contributed by atoms with E-state index in [0.29, 0.717) is 36.5 Å². The molecule has 0 radical (unpaired) electrons. The fourth-order valence-corrected chi connectivity index (χ4v) is 7.01. The van der Waals surface area contributed by atoms with Crippen LogP contribution >= 0.6 is 0 Å². The summed E-state index contributed by atoms with van der Waals surface area (Å²) in [5.41, 5.74) is 0.656. The average Bonchev–Trinajstić information content (AvgIpc) is 3.25. The molecule has 0 aliphatic heterocycles. The second kappa shape index (κ2) is 30.9. The van der Waals surface area contributed by atoms with Gasteiger partial charge in [0, 0.05) is 38.4 Å². The predicted molar refractivity (Wildman–Crippen MR) is 230 cm³/mol. The van der Waals surface area contributed by atoms with E-state index in [2.05, 4.69) is 20.0 Å². The summed E-state index contributed by atoms with van der Waals surface area (Å²) in [6.07, 6.45) is 15.5. The van der Waals surface area contributed by atoms with Gasteiger partial charge in [-0.15, -0.1) is 0 Å². The highest BCUT2D eigenvalue weighted by Gasteiger charge is 2.17. The zero-order chi connectivity index (χ0) is 45.5. The van der Waals surface area contributed by atoms with Crippen molar-refractivity contribution in [3.63, 3.8) is 0 Å². The number of hydrogen-bond acceptors (Lipinski definition) is 13. The van der Waals surface area contributed by atoms with E-state index in [1.165, 1.54) is 61.6 Å². The van der Waals surface area contributed by atoms with E-state index >= 15 is 0 Å². The molecule has 0 bridgehead atoms. The van der Waals surface area contributed by atoms with Crippen molar-refractivity contribution >= 4 is 39.6 Å².